The molecule has 2 aromatic heterocycles. The van der Waals surface area contributed by atoms with Gasteiger partial charge in [-0.15, -0.1) is 21.5 Å². The van der Waals surface area contributed by atoms with Gasteiger partial charge in [0.25, 0.3) is 11.8 Å². The van der Waals surface area contributed by atoms with Gasteiger partial charge in [0, 0.05) is 19.6 Å². The Morgan fingerprint density at radius 1 is 1.38 bits per heavy atom. The third-order valence-electron chi connectivity index (χ3n) is 5.08. The van der Waals surface area contributed by atoms with Gasteiger partial charge in [0.2, 0.25) is 5.89 Å². The fourth-order valence-electron chi connectivity index (χ4n) is 3.22. The molecule has 1 amide bonds. The minimum atomic E-state index is -0.453. The number of thiocarbonyl (C=S) groups is 1. The minimum absolute atomic E-state index is 0.0970. The lowest BCUT2D eigenvalue weighted by molar-refractivity contribution is -0.150. The second-order valence-corrected chi connectivity index (χ2v) is 10.2. The Morgan fingerprint density at radius 2 is 2.16 bits per heavy atom. The van der Waals surface area contributed by atoms with Crippen molar-refractivity contribution in [2.24, 2.45) is 5.92 Å². The number of hydrogen-bond acceptors (Lipinski definition) is 9. The maximum atomic E-state index is 12.6. The van der Waals surface area contributed by atoms with Crippen molar-refractivity contribution in [3.63, 3.8) is 0 Å². The number of ether oxygens (including phenoxy) is 1. The lowest BCUT2D eigenvalue weighted by Crippen LogP contribution is -2.36. The summed E-state index contributed by atoms with van der Waals surface area (Å²) < 4.78 is 11.6. The highest BCUT2D eigenvalue weighted by molar-refractivity contribution is 8.23. The van der Waals surface area contributed by atoms with Gasteiger partial charge < -0.3 is 19.0 Å². The Labute approximate surface area is 201 Å². The zero-order valence-electron chi connectivity index (χ0n) is 18.3. The monoisotopic (exact) mass is 496 g/mol. The van der Waals surface area contributed by atoms with Crippen LogP contribution in [-0.4, -0.2) is 68.2 Å². The molecule has 2 aromatic rings. The van der Waals surface area contributed by atoms with Gasteiger partial charge in [-0.3, -0.25) is 9.59 Å². The molecule has 0 bridgehead atoms. The first-order chi connectivity index (χ1) is 15.5. The molecule has 0 spiro atoms. The summed E-state index contributed by atoms with van der Waals surface area (Å²) in [5.74, 6) is 0.842. The Bertz CT molecular complexity index is 895. The zero-order valence-corrected chi connectivity index (χ0v) is 20.8. The first kappa shape index (κ1) is 24.7. The molecule has 0 unspecified atom stereocenters. The summed E-state index contributed by atoms with van der Waals surface area (Å²) in [6, 6.07) is 3.80. The van der Waals surface area contributed by atoms with Gasteiger partial charge in [-0.05, 0) is 36.6 Å². The maximum Gasteiger partial charge on any atom is 0.316 e. The van der Waals surface area contributed by atoms with E-state index in [1.165, 1.54) is 23.1 Å². The third-order valence-corrected chi connectivity index (χ3v) is 7.44. The molecule has 0 saturated carbocycles. The molecule has 1 fully saturated rings. The van der Waals surface area contributed by atoms with Gasteiger partial charge in [-0.1, -0.05) is 43.9 Å². The van der Waals surface area contributed by atoms with Crippen LogP contribution < -0.4 is 0 Å². The predicted molar refractivity (Wildman–Crippen MR) is 129 cm³/mol. The van der Waals surface area contributed by atoms with Crippen molar-refractivity contribution in [2.45, 2.75) is 39.7 Å². The van der Waals surface area contributed by atoms with Crippen LogP contribution in [0.2, 0.25) is 0 Å². The smallest absolute Gasteiger partial charge is 0.316 e. The summed E-state index contributed by atoms with van der Waals surface area (Å²) in [4.78, 5) is 29.3. The fraction of sp³-hybridized carbons (Fsp3) is 0.571. The number of likely N-dealkylation sites (tertiary alicyclic amines) is 1. The van der Waals surface area contributed by atoms with Crippen molar-refractivity contribution in [2.75, 3.05) is 32.0 Å². The highest BCUT2D eigenvalue weighted by Crippen LogP contribution is 2.23. The van der Waals surface area contributed by atoms with Crippen molar-refractivity contribution < 1.29 is 18.7 Å². The van der Waals surface area contributed by atoms with Crippen LogP contribution in [-0.2, 0) is 20.9 Å². The van der Waals surface area contributed by atoms with E-state index in [4.69, 9.17) is 21.4 Å². The molecule has 3 rings (SSSR count). The number of thioether (sulfide) groups is 1. The molecule has 1 saturated heterocycles. The largest absolute Gasteiger partial charge is 0.455 e. The molecular formula is C21H28N4O4S3. The first-order valence-electron chi connectivity index (χ1n) is 10.7. The summed E-state index contributed by atoms with van der Waals surface area (Å²) in [5.41, 5.74) is 0. The average molecular weight is 497 g/mol. The van der Waals surface area contributed by atoms with Crippen LogP contribution >= 0.6 is 35.3 Å². The predicted octanol–water partition coefficient (Wildman–Crippen LogP) is 3.83. The standard InChI is InChI=1S/C21H28N4O4S3/c1-3-8-25(12-17-22-23-20(29-17)16-5-4-11-31-16)18(26)13-28-19(27)14-32-21(30)24-9-6-15(2)7-10-24/h4-5,11,15H,3,6-10,12-14H2,1-2H3. The van der Waals surface area contributed by atoms with Crippen LogP contribution in [0.4, 0.5) is 0 Å². The van der Waals surface area contributed by atoms with Gasteiger partial charge in [0.15, 0.2) is 6.61 Å². The average Bonchev–Trinajstić information content (AvgIpc) is 3.48. The highest BCUT2D eigenvalue weighted by Gasteiger charge is 2.21. The maximum absolute atomic E-state index is 12.6. The molecule has 0 N–H and O–H groups in total. The molecular weight excluding hydrogens is 468 g/mol. The van der Waals surface area contributed by atoms with Gasteiger partial charge >= 0.3 is 5.97 Å². The van der Waals surface area contributed by atoms with E-state index < -0.39 is 5.97 Å². The summed E-state index contributed by atoms with van der Waals surface area (Å²) in [6.45, 7) is 6.42. The second-order valence-electron chi connectivity index (χ2n) is 7.68. The number of thiophene rings is 1. The van der Waals surface area contributed by atoms with E-state index in [-0.39, 0.29) is 24.8 Å². The highest BCUT2D eigenvalue weighted by atomic mass is 32.2. The summed E-state index contributed by atoms with van der Waals surface area (Å²) in [6.07, 6.45) is 2.98. The van der Waals surface area contributed by atoms with Crippen molar-refractivity contribution in [1.29, 1.82) is 0 Å². The molecule has 8 nitrogen and oxygen atoms in total. The van der Waals surface area contributed by atoms with E-state index in [1.54, 1.807) is 4.90 Å². The van der Waals surface area contributed by atoms with E-state index in [0.717, 1.165) is 43.1 Å². The topological polar surface area (TPSA) is 88.8 Å². The number of carbonyl (C=O) groups excluding carboxylic acids is 2. The van der Waals surface area contributed by atoms with Crippen LogP contribution in [0.3, 0.4) is 0 Å². The molecule has 1 aliphatic rings. The van der Waals surface area contributed by atoms with E-state index in [2.05, 4.69) is 22.0 Å². The summed E-state index contributed by atoms with van der Waals surface area (Å²) >= 11 is 8.23. The second kappa shape index (κ2) is 12.3. The Hall–Kier alpha value is -1.98. The van der Waals surface area contributed by atoms with E-state index in [0.29, 0.717) is 22.6 Å². The van der Waals surface area contributed by atoms with Crippen LogP contribution in [0.1, 0.15) is 39.0 Å². The first-order valence-corrected chi connectivity index (χ1v) is 12.9. The lowest BCUT2D eigenvalue weighted by atomic mass is 10.00. The number of hydrogen-bond donors (Lipinski definition) is 0. The number of piperidine rings is 1. The molecule has 0 aromatic carbocycles. The molecule has 0 aliphatic carbocycles. The molecule has 3 heterocycles. The van der Waals surface area contributed by atoms with Crippen molar-refractivity contribution in [3.05, 3.63) is 23.4 Å². The summed E-state index contributed by atoms with van der Waals surface area (Å²) in [5, 5.41) is 10.0. The number of esters is 1. The molecule has 174 valence electrons. The molecule has 0 radical (unpaired) electrons. The van der Waals surface area contributed by atoms with Gasteiger partial charge in [-0.25, -0.2) is 0 Å². The Kier molecular flexibility index (Phi) is 9.49. The van der Waals surface area contributed by atoms with Crippen LogP contribution in [0.25, 0.3) is 10.8 Å². The van der Waals surface area contributed by atoms with Gasteiger partial charge in [0.1, 0.15) is 4.32 Å². The van der Waals surface area contributed by atoms with Crippen LogP contribution in [0.15, 0.2) is 21.9 Å². The van der Waals surface area contributed by atoms with Crippen molar-refractivity contribution >= 4 is 51.5 Å². The normalized spacial score (nSPS) is 14.4. The van der Waals surface area contributed by atoms with Crippen molar-refractivity contribution in [1.82, 2.24) is 20.0 Å². The molecule has 0 atom stereocenters. The van der Waals surface area contributed by atoms with E-state index >= 15 is 0 Å². The van der Waals surface area contributed by atoms with E-state index in [9.17, 15) is 9.59 Å². The quantitative estimate of drug-likeness (QED) is 0.379. The van der Waals surface area contributed by atoms with Gasteiger partial charge in [0.05, 0.1) is 17.2 Å². The number of nitrogens with zero attached hydrogens (tertiary/aromatic N) is 4. The zero-order chi connectivity index (χ0) is 22.9. The molecule has 11 heteroatoms. The fourth-order valence-corrected chi connectivity index (χ4v) is 4.91. The number of amides is 1. The van der Waals surface area contributed by atoms with Crippen LogP contribution in [0.5, 0.6) is 0 Å². The van der Waals surface area contributed by atoms with Crippen LogP contribution in [0, 0.1) is 5.92 Å². The Balaban J connectivity index is 1.43. The molecule has 32 heavy (non-hydrogen) atoms. The SMILES string of the molecule is CCCN(Cc1nnc(-c2cccs2)o1)C(=O)COC(=O)CSC(=S)N1CCC(C)CC1. The van der Waals surface area contributed by atoms with Crippen molar-refractivity contribution in [3.8, 4) is 10.8 Å². The van der Waals surface area contributed by atoms with E-state index in [1.807, 2.05) is 24.4 Å². The Morgan fingerprint density at radius 3 is 2.84 bits per heavy atom. The minimum Gasteiger partial charge on any atom is -0.455 e. The number of rotatable bonds is 9. The lowest BCUT2D eigenvalue weighted by Gasteiger charge is -2.31. The van der Waals surface area contributed by atoms with Gasteiger partial charge in [-0.2, -0.15) is 0 Å². The number of carbonyl (C=O) groups is 2. The third kappa shape index (κ3) is 7.28. The molecule has 1 aliphatic heterocycles. The summed E-state index contributed by atoms with van der Waals surface area (Å²) in [7, 11) is 0. The number of aromatic nitrogens is 2.